The summed E-state index contributed by atoms with van der Waals surface area (Å²) < 4.78 is 0. The van der Waals surface area contributed by atoms with Gasteiger partial charge < -0.3 is 9.80 Å². The minimum atomic E-state index is -0.465. The Labute approximate surface area is 216 Å². The third-order valence-corrected chi connectivity index (χ3v) is 7.04. The van der Waals surface area contributed by atoms with E-state index in [2.05, 4.69) is 51.4 Å². The summed E-state index contributed by atoms with van der Waals surface area (Å²) in [4.78, 5) is 27.9. The number of rotatable bonds is 4. The number of carbonyl (C=O) groups is 1. The molecule has 36 heavy (non-hydrogen) atoms. The normalized spacial score (nSPS) is 15.5. The molecule has 1 spiro atoms. The number of nitro groups is 1. The summed E-state index contributed by atoms with van der Waals surface area (Å²) in [6, 6.07) is 14.1. The number of anilines is 1. The van der Waals surface area contributed by atoms with Crippen LogP contribution in [0.1, 0.15) is 69.3 Å². The summed E-state index contributed by atoms with van der Waals surface area (Å²) >= 11 is 0. The van der Waals surface area contributed by atoms with Gasteiger partial charge >= 0.3 is 0 Å². The smallest absolute Gasteiger partial charge is 0.270 e. The average Bonchev–Trinajstić information content (AvgIpc) is 3.21. The first-order valence-electron chi connectivity index (χ1n) is 12.8. The van der Waals surface area contributed by atoms with Crippen LogP contribution in [0.15, 0.2) is 72.8 Å². The third-order valence-electron chi connectivity index (χ3n) is 7.04. The fraction of sp³-hybridized carbons (Fsp3) is 0.433. The molecule has 1 saturated heterocycles. The highest BCUT2D eigenvalue weighted by molar-refractivity contribution is 6.08. The van der Waals surface area contributed by atoms with Gasteiger partial charge in [-0.25, -0.2) is 0 Å². The van der Waals surface area contributed by atoms with Gasteiger partial charge in [0.25, 0.3) is 11.6 Å². The van der Waals surface area contributed by atoms with Crippen molar-refractivity contribution in [2.45, 2.75) is 58.8 Å². The molecule has 0 saturated carbocycles. The number of hydrogen-bond acceptors (Lipinski definition) is 4. The summed E-state index contributed by atoms with van der Waals surface area (Å²) in [5.41, 5.74) is 4.01. The number of allylic oxidation sites excluding steroid dienone is 3. The molecule has 2 heterocycles. The number of piperidine rings is 1. The Morgan fingerprint density at radius 1 is 1.08 bits per heavy atom. The number of para-hydroxylation sites is 1. The molecule has 0 unspecified atom stereocenters. The lowest BCUT2D eigenvalue weighted by Gasteiger charge is -2.38. The van der Waals surface area contributed by atoms with Crippen LogP contribution in [0, 0.1) is 10.1 Å². The largest absolute Gasteiger partial charge is 0.307 e. The van der Waals surface area contributed by atoms with Crippen LogP contribution in [-0.2, 0) is 5.41 Å². The average molecular weight is 492 g/mol. The first-order chi connectivity index (χ1) is 17.3. The second kappa shape index (κ2) is 13.7. The van der Waals surface area contributed by atoms with E-state index in [1.165, 1.54) is 30.5 Å². The van der Waals surface area contributed by atoms with Gasteiger partial charge in [-0.05, 0) is 77.4 Å². The van der Waals surface area contributed by atoms with Crippen molar-refractivity contribution in [2.24, 2.45) is 0 Å². The fourth-order valence-corrected chi connectivity index (χ4v) is 4.85. The standard InChI is InChI=1S/C20H21N3O3.C7H14.C3H6/c1-21-11-9-20(10-12-21)14-22(18-8-3-2-7-17(18)20)19(24)15-5-4-6-16(13-15)23(25)26;1-4-7(5-2)6-3;1-3-2/h2-8,13H,9-12,14H2,1H3;4H,5-6H2,1-3H3;3H,1H2,2H3. The predicted molar refractivity (Wildman–Crippen MR) is 150 cm³/mol. The number of likely N-dealkylation sites (tertiary alicyclic amines) is 1. The Balaban J connectivity index is 0.000000391. The van der Waals surface area contributed by atoms with E-state index >= 15 is 0 Å². The Morgan fingerprint density at radius 3 is 2.22 bits per heavy atom. The minimum absolute atomic E-state index is 0.0144. The molecular formula is C30H41N3O3. The zero-order valence-corrected chi connectivity index (χ0v) is 22.5. The van der Waals surface area contributed by atoms with Crippen molar-refractivity contribution in [2.75, 3.05) is 31.6 Å². The molecule has 0 aromatic heterocycles. The third kappa shape index (κ3) is 6.91. The number of amides is 1. The van der Waals surface area contributed by atoms with Crippen molar-refractivity contribution < 1.29 is 9.72 Å². The highest BCUT2D eigenvalue weighted by Crippen LogP contribution is 2.47. The number of hydrogen-bond donors (Lipinski definition) is 0. The highest BCUT2D eigenvalue weighted by Gasteiger charge is 2.45. The van der Waals surface area contributed by atoms with E-state index in [0.717, 1.165) is 31.6 Å². The Bertz CT molecular complexity index is 1060. The van der Waals surface area contributed by atoms with Gasteiger partial charge in [-0.15, -0.1) is 6.58 Å². The number of nitrogens with zero attached hydrogens (tertiary/aromatic N) is 3. The maximum absolute atomic E-state index is 13.2. The summed E-state index contributed by atoms with van der Waals surface area (Å²) in [5.74, 6) is -0.169. The second-order valence-electron chi connectivity index (χ2n) is 9.36. The number of carbonyl (C=O) groups excluding carboxylic acids is 1. The van der Waals surface area contributed by atoms with Crippen LogP contribution in [0.25, 0.3) is 0 Å². The van der Waals surface area contributed by atoms with Gasteiger partial charge in [-0.3, -0.25) is 14.9 Å². The number of benzene rings is 2. The molecule has 2 aliphatic rings. The molecule has 0 aliphatic carbocycles. The molecule has 2 aromatic rings. The number of fused-ring (bicyclic) bond motifs is 2. The van der Waals surface area contributed by atoms with Crippen molar-refractivity contribution in [1.29, 1.82) is 0 Å². The van der Waals surface area contributed by atoms with E-state index in [9.17, 15) is 14.9 Å². The van der Waals surface area contributed by atoms with Gasteiger partial charge in [0.2, 0.25) is 0 Å². The lowest BCUT2D eigenvalue weighted by atomic mass is 9.74. The molecule has 0 atom stereocenters. The minimum Gasteiger partial charge on any atom is -0.307 e. The summed E-state index contributed by atoms with van der Waals surface area (Å²) in [5, 5.41) is 11.0. The zero-order chi connectivity index (χ0) is 26.7. The molecule has 2 aliphatic heterocycles. The van der Waals surface area contributed by atoms with Gasteiger partial charge in [-0.2, -0.15) is 0 Å². The van der Waals surface area contributed by atoms with Gasteiger partial charge in [0.1, 0.15) is 0 Å². The molecule has 1 fully saturated rings. The van der Waals surface area contributed by atoms with E-state index in [-0.39, 0.29) is 17.0 Å². The van der Waals surface area contributed by atoms with Crippen molar-refractivity contribution in [3.05, 3.63) is 94.1 Å². The summed E-state index contributed by atoms with van der Waals surface area (Å²) in [6.07, 6.45) is 8.40. The van der Waals surface area contributed by atoms with Crippen LogP contribution in [0.4, 0.5) is 11.4 Å². The SMILES string of the molecule is C=CC.CC=C(CC)CC.CN1CCC2(CC1)CN(C(=O)c1cccc([N+](=O)[O-])c1)c1ccccc12. The van der Waals surface area contributed by atoms with Crippen molar-refractivity contribution in [3.63, 3.8) is 0 Å². The van der Waals surface area contributed by atoms with E-state index in [0.29, 0.717) is 12.1 Å². The van der Waals surface area contributed by atoms with Crippen LogP contribution >= 0.6 is 0 Å². The van der Waals surface area contributed by atoms with Crippen LogP contribution in [-0.4, -0.2) is 42.4 Å². The van der Waals surface area contributed by atoms with Crippen LogP contribution in [0.2, 0.25) is 0 Å². The first-order valence-corrected chi connectivity index (χ1v) is 12.8. The van der Waals surface area contributed by atoms with Gasteiger partial charge in [-0.1, -0.05) is 55.8 Å². The maximum Gasteiger partial charge on any atom is 0.270 e. The van der Waals surface area contributed by atoms with Crippen molar-refractivity contribution in [3.8, 4) is 0 Å². The molecular weight excluding hydrogens is 450 g/mol. The van der Waals surface area contributed by atoms with E-state index < -0.39 is 4.92 Å². The zero-order valence-electron chi connectivity index (χ0n) is 22.5. The van der Waals surface area contributed by atoms with Crippen LogP contribution < -0.4 is 4.90 Å². The lowest BCUT2D eigenvalue weighted by molar-refractivity contribution is -0.384. The number of nitro benzene ring substituents is 1. The summed E-state index contributed by atoms with van der Waals surface area (Å²) in [6.45, 7) is 14.4. The Morgan fingerprint density at radius 2 is 1.69 bits per heavy atom. The Hall–Kier alpha value is -3.25. The lowest BCUT2D eigenvalue weighted by Crippen LogP contribution is -2.44. The quantitative estimate of drug-likeness (QED) is 0.258. The van der Waals surface area contributed by atoms with Gasteiger partial charge in [0.05, 0.1) is 4.92 Å². The van der Waals surface area contributed by atoms with Crippen LogP contribution in [0.3, 0.4) is 0 Å². The monoisotopic (exact) mass is 491 g/mol. The van der Waals surface area contributed by atoms with Crippen molar-refractivity contribution >= 4 is 17.3 Å². The molecule has 0 radical (unpaired) electrons. The Kier molecular flexibility index (Phi) is 11.1. The van der Waals surface area contributed by atoms with Gasteiger partial charge in [0.15, 0.2) is 0 Å². The molecule has 2 aromatic carbocycles. The molecule has 6 heteroatoms. The highest BCUT2D eigenvalue weighted by atomic mass is 16.6. The summed E-state index contributed by atoms with van der Waals surface area (Å²) in [7, 11) is 2.12. The van der Waals surface area contributed by atoms with E-state index in [1.54, 1.807) is 28.7 Å². The van der Waals surface area contributed by atoms with E-state index in [4.69, 9.17) is 0 Å². The fourth-order valence-electron chi connectivity index (χ4n) is 4.85. The molecule has 6 nitrogen and oxygen atoms in total. The first kappa shape index (κ1) is 29.0. The molecule has 1 amide bonds. The topological polar surface area (TPSA) is 66.7 Å². The van der Waals surface area contributed by atoms with E-state index in [1.807, 2.05) is 25.1 Å². The van der Waals surface area contributed by atoms with Crippen molar-refractivity contribution in [1.82, 2.24) is 4.90 Å². The van der Waals surface area contributed by atoms with Crippen LogP contribution in [0.5, 0.6) is 0 Å². The maximum atomic E-state index is 13.2. The molecule has 0 N–H and O–H groups in total. The molecule has 194 valence electrons. The number of non-ortho nitro benzene ring substituents is 1. The molecule has 4 rings (SSSR count). The van der Waals surface area contributed by atoms with Gasteiger partial charge in [0, 0.05) is 35.3 Å². The second-order valence-corrected chi connectivity index (χ2v) is 9.36. The molecule has 0 bridgehead atoms. The predicted octanol–water partition coefficient (Wildman–Crippen LogP) is 7.16.